The molecule has 4 nitrogen and oxygen atoms in total. The first kappa shape index (κ1) is 17.4. The van der Waals surface area contributed by atoms with E-state index in [4.69, 9.17) is 15.7 Å². The molecule has 0 amide bonds. The number of benzene rings is 1. The fourth-order valence-electron chi connectivity index (χ4n) is 2.13. The van der Waals surface area contributed by atoms with E-state index in [1.807, 2.05) is 0 Å². The molecule has 0 aromatic heterocycles. The topological polar surface area (TPSA) is 67.8 Å². The van der Waals surface area contributed by atoms with Gasteiger partial charge < -0.3 is 15.7 Å². The molecule has 0 aliphatic heterocycles. The summed E-state index contributed by atoms with van der Waals surface area (Å²) in [6.07, 6.45) is 7.24. The van der Waals surface area contributed by atoms with Crippen molar-refractivity contribution >= 4 is 5.84 Å². The van der Waals surface area contributed by atoms with Crippen LogP contribution in [-0.2, 0) is 11.3 Å². The quantitative estimate of drug-likeness (QED) is 0.227. The van der Waals surface area contributed by atoms with E-state index in [1.54, 1.807) is 6.07 Å². The standard InChI is InChI=1S/C16H25FN2O2/c1-2-3-4-5-6-7-10-21-12-13-8-9-14(17)11-15(13)16(18)19-20/h8-9,11,20H,2-7,10,12H2,1H3,(H2,18,19). The van der Waals surface area contributed by atoms with Crippen LogP contribution in [0.3, 0.4) is 0 Å². The molecule has 0 radical (unpaired) electrons. The van der Waals surface area contributed by atoms with Gasteiger partial charge in [0.25, 0.3) is 0 Å². The molecule has 21 heavy (non-hydrogen) atoms. The van der Waals surface area contributed by atoms with Crippen molar-refractivity contribution in [1.82, 2.24) is 0 Å². The number of oxime groups is 1. The minimum atomic E-state index is -0.420. The predicted octanol–water partition coefficient (Wildman–Crippen LogP) is 3.80. The average molecular weight is 296 g/mol. The Balaban J connectivity index is 2.35. The molecule has 0 unspecified atom stereocenters. The molecule has 1 aromatic rings. The lowest BCUT2D eigenvalue weighted by molar-refractivity contribution is 0.116. The lowest BCUT2D eigenvalue weighted by atomic mass is 10.1. The van der Waals surface area contributed by atoms with Crippen molar-refractivity contribution in [3.63, 3.8) is 0 Å². The second-order valence-corrected chi connectivity index (χ2v) is 5.11. The number of rotatable bonds is 10. The number of nitrogens with zero attached hydrogens (tertiary/aromatic N) is 1. The number of unbranched alkanes of at least 4 members (excludes halogenated alkanes) is 5. The van der Waals surface area contributed by atoms with Crippen LogP contribution < -0.4 is 5.73 Å². The normalized spacial score (nSPS) is 11.8. The van der Waals surface area contributed by atoms with Gasteiger partial charge in [0, 0.05) is 12.2 Å². The third-order valence-electron chi connectivity index (χ3n) is 3.36. The highest BCUT2D eigenvalue weighted by Crippen LogP contribution is 2.13. The molecule has 0 aliphatic rings. The fourth-order valence-corrected chi connectivity index (χ4v) is 2.13. The van der Waals surface area contributed by atoms with Crippen LogP contribution in [0.5, 0.6) is 0 Å². The molecule has 0 atom stereocenters. The van der Waals surface area contributed by atoms with Crippen LogP contribution in [0.25, 0.3) is 0 Å². The Hall–Kier alpha value is -1.62. The van der Waals surface area contributed by atoms with E-state index in [9.17, 15) is 4.39 Å². The van der Waals surface area contributed by atoms with Gasteiger partial charge in [-0.15, -0.1) is 0 Å². The summed E-state index contributed by atoms with van der Waals surface area (Å²) in [5.41, 5.74) is 6.64. The van der Waals surface area contributed by atoms with E-state index >= 15 is 0 Å². The Morgan fingerprint density at radius 3 is 2.67 bits per heavy atom. The molecule has 1 aromatic carbocycles. The van der Waals surface area contributed by atoms with Gasteiger partial charge in [-0.1, -0.05) is 50.2 Å². The first-order valence-corrected chi connectivity index (χ1v) is 7.53. The SMILES string of the molecule is CCCCCCCCOCc1ccc(F)cc1C(N)=NO. The molecule has 0 spiro atoms. The van der Waals surface area contributed by atoms with Gasteiger partial charge in [0.1, 0.15) is 5.82 Å². The minimum absolute atomic E-state index is 0.104. The summed E-state index contributed by atoms with van der Waals surface area (Å²) in [5.74, 6) is -0.524. The number of amidine groups is 1. The maximum Gasteiger partial charge on any atom is 0.170 e. The van der Waals surface area contributed by atoms with Crippen LogP contribution in [0.1, 0.15) is 56.6 Å². The van der Waals surface area contributed by atoms with Gasteiger partial charge in [0.15, 0.2) is 5.84 Å². The Bertz CT molecular complexity index is 450. The zero-order valence-corrected chi connectivity index (χ0v) is 12.6. The van der Waals surface area contributed by atoms with E-state index in [0.29, 0.717) is 18.8 Å². The summed E-state index contributed by atoms with van der Waals surface area (Å²) in [4.78, 5) is 0. The Kier molecular flexibility index (Phi) is 8.43. The molecular weight excluding hydrogens is 271 g/mol. The fraction of sp³-hybridized carbons (Fsp3) is 0.562. The monoisotopic (exact) mass is 296 g/mol. The van der Waals surface area contributed by atoms with Crippen molar-refractivity contribution in [2.45, 2.75) is 52.1 Å². The molecule has 0 bridgehead atoms. The summed E-state index contributed by atoms with van der Waals surface area (Å²) < 4.78 is 18.8. The number of hydrogen-bond donors (Lipinski definition) is 2. The second-order valence-electron chi connectivity index (χ2n) is 5.11. The molecule has 0 heterocycles. The lowest BCUT2D eigenvalue weighted by Crippen LogP contribution is -2.16. The van der Waals surface area contributed by atoms with Crippen molar-refractivity contribution < 1.29 is 14.3 Å². The van der Waals surface area contributed by atoms with Gasteiger partial charge in [-0.25, -0.2) is 4.39 Å². The summed E-state index contributed by atoms with van der Waals surface area (Å²) in [6, 6.07) is 4.19. The van der Waals surface area contributed by atoms with Crippen LogP contribution in [-0.4, -0.2) is 17.6 Å². The van der Waals surface area contributed by atoms with E-state index < -0.39 is 5.82 Å². The van der Waals surface area contributed by atoms with Gasteiger partial charge >= 0.3 is 0 Å². The van der Waals surface area contributed by atoms with Gasteiger partial charge in [0.2, 0.25) is 0 Å². The minimum Gasteiger partial charge on any atom is -0.409 e. The molecule has 1 rings (SSSR count). The van der Waals surface area contributed by atoms with E-state index in [1.165, 1.54) is 37.8 Å². The Morgan fingerprint density at radius 1 is 1.24 bits per heavy atom. The highest BCUT2D eigenvalue weighted by Gasteiger charge is 2.08. The smallest absolute Gasteiger partial charge is 0.170 e. The first-order chi connectivity index (χ1) is 10.2. The van der Waals surface area contributed by atoms with Gasteiger partial charge in [-0.3, -0.25) is 0 Å². The number of hydrogen-bond acceptors (Lipinski definition) is 3. The Morgan fingerprint density at radius 2 is 1.95 bits per heavy atom. The van der Waals surface area contributed by atoms with Crippen LogP contribution in [0.15, 0.2) is 23.4 Å². The number of nitrogens with two attached hydrogens (primary N) is 1. The van der Waals surface area contributed by atoms with Crippen molar-refractivity contribution in [2.24, 2.45) is 10.9 Å². The van der Waals surface area contributed by atoms with Crippen molar-refractivity contribution in [1.29, 1.82) is 0 Å². The van der Waals surface area contributed by atoms with Gasteiger partial charge in [-0.2, -0.15) is 0 Å². The molecule has 0 saturated heterocycles. The first-order valence-electron chi connectivity index (χ1n) is 7.53. The predicted molar refractivity (Wildman–Crippen MR) is 81.9 cm³/mol. The number of halogens is 1. The summed E-state index contributed by atoms with van der Waals surface area (Å²) in [7, 11) is 0. The summed E-state index contributed by atoms with van der Waals surface area (Å²) in [6.45, 7) is 3.20. The third kappa shape index (κ3) is 6.58. The zero-order valence-electron chi connectivity index (χ0n) is 12.6. The van der Waals surface area contributed by atoms with Crippen LogP contribution in [0.2, 0.25) is 0 Å². The molecular formula is C16H25FN2O2. The average Bonchev–Trinajstić information content (AvgIpc) is 2.50. The van der Waals surface area contributed by atoms with Crippen molar-refractivity contribution in [2.75, 3.05) is 6.61 Å². The van der Waals surface area contributed by atoms with Crippen LogP contribution in [0, 0.1) is 5.82 Å². The largest absolute Gasteiger partial charge is 0.409 e. The maximum absolute atomic E-state index is 13.2. The molecule has 5 heteroatoms. The van der Waals surface area contributed by atoms with E-state index in [2.05, 4.69) is 12.1 Å². The van der Waals surface area contributed by atoms with Crippen LogP contribution in [0.4, 0.5) is 4.39 Å². The number of ether oxygens (including phenoxy) is 1. The molecule has 0 saturated carbocycles. The molecule has 3 N–H and O–H groups in total. The highest BCUT2D eigenvalue weighted by atomic mass is 19.1. The van der Waals surface area contributed by atoms with Crippen LogP contribution >= 0.6 is 0 Å². The molecule has 0 aliphatic carbocycles. The zero-order chi connectivity index (χ0) is 15.5. The summed E-state index contributed by atoms with van der Waals surface area (Å²) in [5, 5.41) is 11.6. The van der Waals surface area contributed by atoms with Gasteiger partial charge in [0.05, 0.1) is 6.61 Å². The van der Waals surface area contributed by atoms with Crippen molar-refractivity contribution in [3.05, 3.63) is 35.1 Å². The van der Waals surface area contributed by atoms with E-state index in [0.717, 1.165) is 18.4 Å². The molecule has 0 fully saturated rings. The van der Waals surface area contributed by atoms with E-state index in [-0.39, 0.29) is 5.84 Å². The highest BCUT2D eigenvalue weighted by molar-refractivity contribution is 5.98. The maximum atomic E-state index is 13.2. The Labute approximate surface area is 125 Å². The lowest BCUT2D eigenvalue weighted by Gasteiger charge is -2.09. The molecule has 118 valence electrons. The van der Waals surface area contributed by atoms with Crippen molar-refractivity contribution in [3.8, 4) is 0 Å². The second kappa shape index (κ2) is 10.2. The summed E-state index contributed by atoms with van der Waals surface area (Å²) >= 11 is 0. The van der Waals surface area contributed by atoms with Gasteiger partial charge in [-0.05, 0) is 24.1 Å². The third-order valence-corrected chi connectivity index (χ3v) is 3.36.